The second-order valence-electron chi connectivity index (χ2n) is 4.22. The number of carbonyl (C=O) groups is 1. The molecule has 2 rings (SSSR count). The summed E-state index contributed by atoms with van der Waals surface area (Å²) in [4.78, 5) is 19.8. The van der Waals surface area contributed by atoms with Crippen LogP contribution in [0.2, 0.25) is 5.02 Å². The highest BCUT2D eigenvalue weighted by Crippen LogP contribution is 2.15. The Labute approximate surface area is 122 Å². The fourth-order valence-electron chi connectivity index (χ4n) is 1.62. The van der Waals surface area contributed by atoms with E-state index in [1.807, 2.05) is 31.2 Å². The van der Waals surface area contributed by atoms with Gasteiger partial charge >= 0.3 is 0 Å². The number of halogens is 1. The molecule has 1 heterocycles. The van der Waals surface area contributed by atoms with Crippen molar-refractivity contribution in [3.8, 4) is 0 Å². The van der Waals surface area contributed by atoms with Crippen LogP contribution in [-0.4, -0.2) is 15.9 Å². The van der Waals surface area contributed by atoms with Crippen molar-refractivity contribution in [3.63, 3.8) is 0 Å². The van der Waals surface area contributed by atoms with Gasteiger partial charge < -0.3 is 5.32 Å². The number of nitrogens with zero attached hydrogens (tertiary/aromatic N) is 2. The number of hydrogen-bond acceptors (Lipinski definition) is 3. The van der Waals surface area contributed by atoms with E-state index in [0.717, 1.165) is 17.0 Å². The van der Waals surface area contributed by atoms with Gasteiger partial charge in [0.2, 0.25) is 5.91 Å². The number of amides is 1. The van der Waals surface area contributed by atoms with Crippen molar-refractivity contribution in [1.29, 1.82) is 0 Å². The molecule has 4 nitrogen and oxygen atoms in total. The molecule has 0 atom stereocenters. The monoisotopic (exact) mass is 287 g/mol. The molecule has 0 aliphatic rings. The smallest absolute Gasteiger partial charge is 0.244 e. The van der Waals surface area contributed by atoms with Crippen LogP contribution < -0.4 is 5.32 Å². The summed E-state index contributed by atoms with van der Waals surface area (Å²) in [6, 6.07) is 9.17. The predicted octanol–water partition coefficient (Wildman–Crippen LogP) is 2.77. The Morgan fingerprint density at radius 3 is 2.90 bits per heavy atom. The number of aryl methyl sites for hydroxylation is 1. The minimum Gasteiger partial charge on any atom is -0.347 e. The van der Waals surface area contributed by atoms with Crippen LogP contribution in [0.25, 0.3) is 6.08 Å². The maximum atomic E-state index is 11.7. The van der Waals surface area contributed by atoms with E-state index < -0.39 is 0 Å². The number of nitrogens with one attached hydrogen (secondary N) is 1. The third-order valence-electron chi connectivity index (χ3n) is 2.62. The number of carbonyl (C=O) groups excluding carboxylic acids is 1. The van der Waals surface area contributed by atoms with Crippen molar-refractivity contribution in [1.82, 2.24) is 15.3 Å². The van der Waals surface area contributed by atoms with Gasteiger partial charge in [-0.15, -0.1) is 0 Å². The first-order valence-corrected chi connectivity index (χ1v) is 6.51. The van der Waals surface area contributed by atoms with E-state index in [4.69, 9.17) is 11.6 Å². The topological polar surface area (TPSA) is 54.9 Å². The Hall–Kier alpha value is -2.20. The van der Waals surface area contributed by atoms with Gasteiger partial charge in [0, 0.05) is 16.8 Å². The highest BCUT2D eigenvalue weighted by Gasteiger charge is 2.00. The molecule has 5 heteroatoms. The molecule has 1 aromatic heterocycles. The molecule has 2 aromatic rings. The van der Waals surface area contributed by atoms with Crippen LogP contribution in [0.1, 0.15) is 17.0 Å². The Morgan fingerprint density at radius 1 is 1.35 bits per heavy atom. The molecule has 0 saturated heterocycles. The zero-order valence-corrected chi connectivity index (χ0v) is 11.8. The second-order valence-corrected chi connectivity index (χ2v) is 4.63. The molecule has 0 radical (unpaired) electrons. The summed E-state index contributed by atoms with van der Waals surface area (Å²) in [7, 11) is 0. The molecule has 0 unspecified atom stereocenters. The number of hydrogen-bond donors (Lipinski definition) is 1. The minimum absolute atomic E-state index is 0.193. The van der Waals surface area contributed by atoms with E-state index in [9.17, 15) is 4.79 Å². The quantitative estimate of drug-likeness (QED) is 0.880. The summed E-state index contributed by atoms with van der Waals surface area (Å²) in [6.45, 7) is 2.25. The first-order valence-electron chi connectivity index (χ1n) is 6.13. The van der Waals surface area contributed by atoms with Crippen LogP contribution in [0.4, 0.5) is 0 Å². The van der Waals surface area contributed by atoms with E-state index in [-0.39, 0.29) is 5.91 Å². The second kappa shape index (κ2) is 6.82. The molecule has 0 spiro atoms. The van der Waals surface area contributed by atoms with Crippen LogP contribution in [-0.2, 0) is 11.3 Å². The van der Waals surface area contributed by atoms with Crippen molar-refractivity contribution in [3.05, 3.63) is 64.7 Å². The summed E-state index contributed by atoms with van der Waals surface area (Å²) in [5.41, 5.74) is 2.45. The predicted molar refractivity (Wildman–Crippen MR) is 79.1 cm³/mol. The van der Waals surface area contributed by atoms with E-state index in [2.05, 4.69) is 15.3 Å². The zero-order valence-electron chi connectivity index (χ0n) is 11.0. The lowest BCUT2D eigenvalue weighted by molar-refractivity contribution is -0.116. The SMILES string of the molecule is Cc1cc(CNC(=O)/C=C/c2ccccc2Cl)ncn1. The first kappa shape index (κ1) is 14.2. The van der Waals surface area contributed by atoms with Crippen LogP contribution >= 0.6 is 11.6 Å². The third-order valence-corrected chi connectivity index (χ3v) is 2.97. The molecule has 20 heavy (non-hydrogen) atoms. The van der Waals surface area contributed by atoms with E-state index >= 15 is 0 Å². The van der Waals surface area contributed by atoms with Crippen LogP contribution in [0.3, 0.4) is 0 Å². The lowest BCUT2D eigenvalue weighted by Crippen LogP contribution is -2.21. The van der Waals surface area contributed by atoms with Gasteiger partial charge in [-0.05, 0) is 30.7 Å². The summed E-state index contributed by atoms with van der Waals surface area (Å²) in [5, 5.41) is 3.37. The highest BCUT2D eigenvalue weighted by atomic mass is 35.5. The number of aromatic nitrogens is 2. The average molecular weight is 288 g/mol. The van der Waals surface area contributed by atoms with Gasteiger partial charge in [-0.25, -0.2) is 9.97 Å². The van der Waals surface area contributed by atoms with Gasteiger partial charge in [-0.3, -0.25) is 4.79 Å². The Bertz CT molecular complexity index is 641. The maximum absolute atomic E-state index is 11.7. The minimum atomic E-state index is -0.193. The number of rotatable bonds is 4. The van der Waals surface area contributed by atoms with Crippen LogP contribution in [0.5, 0.6) is 0 Å². The zero-order chi connectivity index (χ0) is 14.4. The van der Waals surface area contributed by atoms with Crippen molar-refractivity contribution >= 4 is 23.6 Å². The average Bonchev–Trinajstić information content (AvgIpc) is 2.44. The summed E-state index contributed by atoms with van der Waals surface area (Å²) in [6.07, 6.45) is 4.62. The van der Waals surface area contributed by atoms with Crippen LogP contribution in [0.15, 0.2) is 42.7 Å². The maximum Gasteiger partial charge on any atom is 0.244 e. The van der Waals surface area contributed by atoms with E-state index in [0.29, 0.717) is 11.6 Å². The van der Waals surface area contributed by atoms with Gasteiger partial charge in [0.15, 0.2) is 0 Å². The molecular formula is C15H14ClN3O. The molecule has 102 valence electrons. The Kier molecular flexibility index (Phi) is 4.85. The summed E-state index contributed by atoms with van der Waals surface area (Å²) < 4.78 is 0. The summed E-state index contributed by atoms with van der Waals surface area (Å²) >= 11 is 6.00. The molecule has 0 aliphatic carbocycles. The fourth-order valence-corrected chi connectivity index (χ4v) is 1.82. The molecule has 0 bridgehead atoms. The lowest BCUT2D eigenvalue weighted by Gasteiger charge is -2.02. The molecular weight excluding hydrogens is 274 g/mol. The fraction of sp³-hybridized carbons (Fsp3) is 0.133. The van der Waals surface area contributed by atoms with Gasteiger partial charge in [-0.2, -0.15) is 0 Å². The first-order chi connectivity index (χ1) is 9.65. The van der Waals surface area contributed by atoms with Gasteiger partial charge in [0.25, 0.3) is 0 Å². The standard InChI is InChI=1S/C15H14ClN3O/c1-11-8-13(19-10-18-11)9-17-15(20)7-6-12-4-2-3-5-14(12)16/h2-8,10H,9H2,1H3,(H,17,20)/b7-6+. The highest BCUT2D eigenvalue weighted by molar-refractivity contribution is 6.32. The van der Waals surface area contributed by atoms with Gasteiger partial charge in [0.05, 0.1) is 12.2 Å². The van der Waals surface area contributed by atoms with Crippen molar-refractivity contribution < 1.29 is 4.79 Å². The number of benzene rings is 1. The van der Waals surface area contributed by atoms with Crippen molar-refractivity contribution in [2.45, 2.75) is 13.5 Å². The van der Waals surface area contributed by atoms with Crippen molar-refractivity contribution in [2.75, 3.05) is 0 Å². The third kappa shape index (κ3) is 4.17. The Balaban J connectivity index is 1.91. The van der Waals surface area contributed by atoms with E-state index in [1.165, 1.54) is 12.4 Å². The largest absolute Gasteiger partial charge is 0.347 e. The molecule has 0 fully saturated rings. The van der Waals surface area contributed by atoms with E-state index in [1.54, 1.807) is 12.1 Å². The van der Waals surface area contributed by atoms with Gasteiger partial charge in [0.1, 0.15) is 6.33 Å². The molecule has 1 N–H and O–H groups in total. The summed E-state index contributed by atoms with van der Waals surface area (Å²) in [5.74, 6) is -0.193. The molecule has 0 saturated carbocycles. The van der Waals surface area contributed by atoms with Crippen molar-refractivity contribution in [2.24, 2.45) is 0 Å². The van der Waals surface area contributed by atoms with Crippen LogP contribution in [0, 0.1) is 6.92 Å². The molecule has 1 amide bonds. The normalized spacial score (nSPS) is 10.7. The Morgan fingerprint density at radius 2 is 2.15 bits per heavy atom. The van der Waals surface area contributed by atoms with Gasteiger partial charge in [-0.1, -0.05) is 29.8 Å². The lowest BCUT2D eigenvalue weighted by atomic mass is 10.2. The molecule has 1 aromatic carbocycles. The molecule has 0 aliphatic heterocycles.